The number of rotatable bonds is 7. The Labute approximate surface area is 129 Å². The summed E-state index contributed by atoms with van der Waals surface area (Å²) in [4.78, 5) is 2.60. The van der Waals surface area contributed by atoms with Crippen LogP contribution in [0.25, 0.3) is 0 Å². The summed E-state index contributed by atoms with van der Waals surface area (Å²) < 4.78 is 2.12. The number of nitrogens with zero attached hydrogens (tertiary/aromatic N) is 3. The molecule has 1 aromatic rings. The summed E-state index contributed by atoms with van der Waals surface area (Å²) >= 11 is 0. The van der Waals surface area contributed by atoms with Gasteiger partial charge in [-0.1, -0.05) is 13.8 Å². The Morgan fingerprint density at radius 1 is 1.29 bits per heavy atom. The fourth-order valence-corrected chi connectivity index (χ4v) is 3.52. The zero-order valence-electron chi connectivity index (χ0n) is 14.2. The van der Waals surface area contributed by atoms with Gasteiger partial charge in [-0.25, -0.2) is 0 Å². The predicted octanol–water partition coefficient (Wildman–Crippen LogP) is 2.60. The molecule has 2 unspecified atom stereocenters. The summed E-state index contributed by atoms with van der Waals surface area (Å²) in [6, 6.07) is 2.40. The number of likely N-dealkylation sites (tertiary alicyclic amines) is 1. The second kappa shape index (κ2) is 6.93. The summed E-state index contributed by atoms with van der Waals surface area (Å²) in [7, 11) is 0. The van der Waals surface area contributed by atoms with Crippen LogP contribution in [0.15, 0.2) is 6.07 Å². The van der Waals surface area contributed by atoms with Gasteiger partial charge in [-0.15, -0.1) is 0 Å². The lowest BCUT2D eigenvalue weighted by Gasteiger charge is -2.43. The van der Waals surface area contributed by atoms with Crippen LogP contribution in [-0.4, -0.2) is 39.4 Å². The van der Waals surface area contributed by atoms with Gasteiger partial charge in [0.2, 0.25) is 0 Å². The summed E-state index contributed by atoms with van der Waals surface area (Å²) in [5, 5.41) is 4.65. The Kier molecular flexibility index (Phi) is 5.44. The maximum atomic E-state index is 6.67. The molecule has 0 bridgehead atoms. The first-order chi connectivity index (χ1) is 10.0. The molecule has 0 amide bonds. The molecular formula is C17H32N4. The molecule has 0 aromatic carbocycles. The molecule has 1 saturated heterocycles. The average molecular weight is 292 g/mol. The van der Waals surface area contributed by atoms with Crippen LogP contribution in [0, 0.1) is 0 Å². The summed E-state index contributed by atoms with van der Waals surface area (Å²) in [6.45, 7) is 12.3. The van der Waals surface area contributed by atoms with Crippen LogP contribution in [-0.2, 0) is 19.4 Å². The molecule has 1 aliphatic heterocycles. The van der Waals surface area contributed by atoms with Crippen molar-refractivity contribution in [2.24, 2.45) is 5.73 Å². The highest BCUT2D eigenvalue weighted by atomic mass is 15.3. The van der Waals surface area contributed by atoms with Crippen LogP contribution in [0.1, 0.15) is 58.3 Å². The van der Waals surface area contributed by atoms with Gasteiger partial charge in [-0.3, -0.25) is 9.58 Å². The molecule has 0 saturated carbocycles. The molecular weight excluding hydrogens is 260 g/mol. The highest BCUT2D eigenvalue weighted by Gasteiger charge is 2.37. The van der Waals surface area contributed by atoms with Crippen molar-refractivity contribution in [3.63, 3.8) is 0 Å². The maximum Gasteiger partial charge on any atom is 0.0624 e. The van der Waals surface area contributed by atoms with Crippen molar-refractivity contribution in [1.29, 1.82) is 0 Å². The molecule has 2 rings (SSSR count). The Hall–Kier alpha value is -0.870. The molecule has 1 aliphatic rings. The van der Waals surface area contributed by atoms with E-state index < -0.39 is 0 Å². The Bertz CT molecular complexity index is 448. The third-order valence-corrected chi connectivity index (χ3v) is 5.35. The fourth-order valence-electron chi connectivity index (χ4n) is 3.52. The lowest BCUT2D eigenvalue weighted by Crippen LogP contribution is -2.57. The van der Waals surface area contributed by atoms with Gasteiger partial charge in [0, 0.05) is 30.2 Å². The van der Waals surface area contributed by atoms with E-state index in [1.54, 1.807) is 0 Å². The Balaban J connectivity index is 2.15. The highest BCUT2D eigenvalue weighted by molar-refractivity contribution is 5.14. The van der Waals surface area contributed by atoms with E-state index in [9.17, 15) is 0 Å². The number of aromatic nitrogens is 2. The van der Waals surface area contributed by atoms with Gasteiger partial charge in [0.25, 0.3) is 0 Å². The van der Waals surface area contributed by atoms with Gasteiger partial charge in [0.1, 0.15) is 0 Å². The maximum absolute atomic E-state index is 6.67. The number of aryl methyl sites for hydroxylation is 2. The predicted molar refractivity (Wildman–Crippen MR) is 88.5 cm³/mol. The van der Waals surface area contributed by atoms with Crippen LogP contribution in [0.2, 0.25) is 0 Å². The van der Waals surface area contributed by atoms with Crippen LogP contribution in [0.5, 0.6) is 0 Å². The molecule has 4 heteroatoms. The second-order valence-electron chi connectivity index (χ2n) is 6.51. The average Bonchev–Trinajstić information content (AvgIpc) is 3.15. The van der Waals surface area contributed by atoms with Crippen LogP contribution >= 0.6 is 0 Å². The topological polar surface area (TPSA) is 47.1 Å². The lowest BCUT2D eigenvalue weighted by atomic mass is 9.85. The van der Waals surface area contributed by atoms with Crippen molar-refractivity contribution in [3.8, 4) is 0 Å². The third-order valence-electron chi connectivity index (χ3n) is 5.35. The van der Waals surface area contributed by atoms with Crippen LogP contribution < -0.4 is 5.73 Å². The third kappa shape index (κ3) is 3.32. The smallest absolute Gasteiger partial charge is 0.0624 e. The minimum absolute atomic E-state index is 0.103. The van der Waals surface area contributed by atoms with E-state index in [0.717, 1.165) is 25.8 Å². The molecule has 2 heterocycles. The first-order valence-electron chi connectivity index (χ1n) is 8.61. The van der Waals surface area contributed by atoms with Crippen molar-refractivity contribution in [1.82, 2.24) is 14.7 Å². The summed E-state index contributed by atoms with van der Waals surface area (Å²) in [5.74, 6) is 0. The highest BCUT2D eigenvalue weighted by Crippen LogP contribution is 2.28. The van der Waals surface area contributed by atoms with E-state index in [2.05, 4.69) is 48.4 Å². The largest absolute Gasteiger partial charge is 0.326 e. The van der Waals surface area contributed by atoms with Gasteiger partial charge in [-0.05, 0) is 58.7 Å². The molecule has 0 aliphatic carbocycles. The van der Waals surface area contributed by atoms with Gasteiger partial charge >= 0.3 is 0 Å². The molecule has 21 heavy (non-hydrogen) atoms. The molecule has 2 atom stereocenters. The van der Waals surface area contributed by atoms with Gasteiger partial charge < -0.3 is 5.73 Å². The molecule has 4 nitrogen and oxygen atoms in total. The van der Waals surface area contributed by atoms with E-state index in [-0.39, 0.29) is 11.6 Å². The molecule has 0 radical (unpaired) electrons. The SMILES string of the molecule is CCc1cc(CC(N)C(C)(CC)N2CCCC2)n(CC)n1. The number of hydrogen-bond acceptors (Lipinski definition) is 3. The first kappa shape index (κ1) is 16.5. The molecule has 1 aromatic heterocycles. The Morgan fingerprint density at radius 2 is 1.95 bits per heavy atom. The minimum Gasteiger partial charge on any atom is -0.326 e. The van der Waals surface area contributed by atoms with Crippen LogP contribution in [0.3, 0.4) is 0 Å². The van der Waals surface area contributed by atoms with E-state index in [0.29, 0.717) is 0 Å². The number of nitrogens with two attached hydrogens (primary N) is 1. The van der Waals surface area contributed by atoms with Crippen LogP contribution in [0.4, 0.5) is 0 Å². The lowest BCUT2D eigenvalue weighted by molar-refractivity contribution is 0.0990. The zero-order valence-corrected chi connectivity index (χ0v) is 14.2. The fraction of sp³-hybridized carbons (Fsp3) is 0.824. The van der Waals surface area contributed by atoms with E-state index in [1.165, 1.54) is 37.3 Å². The van der Waals surface area contributed by atoms with Gasteiger partial charge in [0.15, 0.2) is 0 Å². The monoisotopic (exact) mass is 292 g/mol. The van der Waals surface area contributed by atoms with Crippen molar-refractivity contribution in [2.45, 2.75) is 77.9 Å². The summed E-state index contributed by atoms with van der Waals surface area (Å²) in [6.07, 6.45) is 5.65. The molecule has 120 valence electrons. The molecule has 1 fully saturated rings. The van der Waals surface area contributed by atoms with E-state index >= 15 is 0 Å². The normalized spacial score (nSPS) is 20.6. The Morgan fingerprint density at radius 3 is 2.48 bits per heavy atom. The first-order valence-corrected chi connectivity index (χ1v) is 8.61. The van der Waals surface area contributed by atoms with Crippen molar-refractivity contribution < 1.29 is 0 Å². The molecule has 2 N–H and O–H groups in total. The van der Waals surface area contributed by atoms with Crippen molar-refractivity contribution in [2.75, 3.05) is 13.1 Å². The van der Waals surface area contributed by atoms with Gasteiger partial charge in [0.05, 0.1) is 5.69 Å². The van der Waals surface area contributed by atoms with Gasteiger partial charge in [-0.2, -0.15) is 5.10 Å². The zero-order chi connectivity index (χ0) is 15.5. The number of hydrogen-bond donors (Lipinski definition) is 1. The second-order valence-corrected chi connectivity index (χ2v) is 6.51. The summed E-state index contributed by atoms with van der Waals surface area (Å²) in [5.41, 5.74) is 9.24. The quantitative estimate of drug-likeness (QED) is 0.840. The standard InChI is InChI=1S/C17H32N4/c1-5-14-12-15(21(7-3)19-14)13-16(18)17(4,6-2)20-10-8-9-11-20/h12,16H,5-11,13,18H2,1-4H3. The van der Waals surface area contributed by atoms with E-state index in [1.807, 2.05) is 0 Å². The van der Waals surface area contributed by atoms with Crippen molar-refractivity contribution in [3.05, 3.63) is 17.5 Å². The minimum atomic E-state index is 0.103. The molecule has 0 spiro atoms. The van der Waals surface area contributed by atoms with E-state index in [4.69, 9.17) is 5.73 Å². The van der Waals surface area contributed by atoms with Crippen molar-refractivity contribution >= 4 is 0 Å².